The van der Waals surface area contributed by atoms with E-state index in [1.165, 1.54) is 34.0 Å². The lowest BCUT2D eigenvalue weighted by Gasteiger charge is -2.30. The highest BCUT2D eigenvalue weighted by Gasteiger charge is 2.53. The highest BCUT2D eigenvalue weighted by Crippen LogP contribution is 2.52. The fourth-order valence-corrected chi connectivity index (χ4v) is 13.3. The van der Waals surface area contributed by atoms with E-state index < -0.39 is 83.8 Å². The Labute approximate surface area is 340 Å². The van der Waals surface area contributed by atoms with Gasteiger partial charge in [-0.2, -0.15) is 13.2 Å². The third-order valence-electron chi connectivity index (χ3n) is 12.8. The highest BCUT2D eigenvalue weighted by molar-refractivity contribution is 7.35. The number of rotatable bonds is 8. The van der Waals surface area contributed by atoms with Gasteiger partial charge in [0.2, 0.25) is 0 Å². The van der Waals surface area contributed by atoms with Crippen molar-refractivity contribution in [2.75, 3.05) is 0 Å². The molecule has 4 aliphatic rings. The summed E-state index contributed by atoms with van der Waals surface area (Å²) in [7, 11) is 0. The average molecular weight is 863 g/mol. The molecule has 4 fully saturated rings. The van der Waals surface area contributed by atoms with Crippen molar-refractivity contribution in [2.45, 2.75) is 104 Å². The van der Waals surface area contributed by atoms with E-state index in [0.29, 0.717) is 22.1 Å². The smallest absolute Gasteiger partial charge is 0.337 e. The summed E-state index contributed by atoms with van der Waals surface area (Å²) in [5.41, 5.74) is 2.50. The Balaban J connectivity index is 1.19. The van der Waals surface area contributed by atoms with Crippen molar-refractivity contribution in [3.63, 3.8) is 0 Å². The normalized spacial score (nSPS) is 29.9. The second kappa shape index (κ2) is 14.2. The van der Waals surface area contributed by atoms with Crippen molar-refractivity contribution in [3.05, 3.63) is 12.1 Å². The largest absolute Gasteiger partial charge is 0.389 e. The molecular formula is C41H40F6N4O4S3. The minimum absolute atomic E-state index is 0.0168. The van der Waals surface area contributed by atoms with Gasteiger partial charge in [0.15, 0.2) is 34.6 Å². The summed E-state index contributed by atoms with van der Waals surface area (Å²) < 4.78 is 91.5. The van der Waals surface area contributed by atoms with Crippen LogP contribution in [0.5, 0.6) is 0 Å². The van der Waals surface area contributed by atoms with E-state index in [9.17, 15) is 45.5 Å². The molecule has 0 N–H and O–H groups in total. The van der Waals surface area contributed by atoms with Gasteiger partial charge in [0.25, 0.3) is 0 Å². The van der Waals surface area contributed by atoms with Crippen molar-refractivity contribution >= 4 is 119 Å². The van der Waals surface area contributed by atoms with Crippen LogP contribution in [0.15, 0.2) is 22.1 Å². The average Bonchev–Trinajstić information content (AvgIpc) is 4.00. The summed E-state index contributed by atoms with van der Waals surface area (Å²) in [4.78, 5) is 62.6. The molecular weight excluding hydrogens is 823 g/mol. The fourth-order valence-electron chi connectivity index (χ4n) is 9.63. The number of carbonyl (C=O) groups is 4. The van der Waals surface area contributed by atoms with Crippen molar-refractivity contribution in [3.8, 4) is 0 Å². The van der Waals surface area contributed by atoms with Gasteiger partial charge in [-0.3, -0.25) is 19.2 Å². The second-order valence-electron chi connectivity index (χ2n) is 17.0. The molecule has 9 rings (SSSR count). The summed E-state index contributed by atoms with van der Waals surface area (Å²) in [6.45, 7) is 7.99. The molecule has 0 aromatic carbocycles. The van der Waals surface area contributed by atoms with Crippen molar-refractivity contribution < 1.29 is 45.5 Å². The van der Waals surface area contributed by atoms with Crippen LogP contribution < -0.4 is 0 Å². The van der Waals surface area contributed by atoms with Gasteiger partial charge in [0.05, 0.1) is 40.9 Å². The summed E-state index contributed by atoms with van der Waals surface area (Å²) in [5.74, 6) is -6.21. The van der Waals surface area contributed by atoms with E-state index in [0.717, 1.165) is 41.8 Å². The topological polar surface area (TPSA) is 103 Å². The predicted octanol–water partition coefficient (Wildman–Crippen LogP) is 10.9. The Morgan fingerprint density at radius 3 is 1.50 bits per heavy atom. The number of alkyl halides is 6. The van der Waals surface area contributed by atoms with Crippen molar-refractivity contribution in [1.82, 2.24) is 9.13 Å². The van der Waals surface area contributed by atoms with E-state index in [1.807, 2.05) is 4.57 Å². The molecule has 308 valence electrons. The van der Waals surface area contributed by atoms with Gasteiger partial charge in [-0.1, -0.05) is 34.1 Å². The lowest BCUT2D eigenvalue weighted by Crippen LogP contribution is -2.35. The quantitative estimate of drug-likeness (QED) is 0.145. The summed E-state index contributed by atoms with van der Waals surface area (Å²) in [5, 5.41) is 0.738. The van der Waals surface area contributed by atoms with Crippen LogP contribution in [0.2, 0.25) is 0 Å². The molecule has 0 bridgehead atoms. The number of aromatic nitrogens is 2. The number of Topliss-reactive ketones (excluding diaryl/α,β-unsaturated/α-hetero) is 4. The first kappa shape index (κ1) is 39.7. The molecule has 10 atom stereocenters. The third-order valence-corrected chi connectivity index (χ3v) is 16.4. The van der Waals surface area contributed by atoms with Crippen LogP contribution in [0.1, 0.15) is 66.2 Å². The van der Waals surface area contributed by atoms with Gasteiger partial charge in [-0.05, 0) is 55.6 Å². The van der Waals surface area contributed by atoms with Gasteiger partial charge < -0.3 is 9.13 Å². The number of nitrogens with zero attached hydrogens (tertiary/aromatic N) is 4. The molecule has 4 saturated carbocycles. The van der Waals surface area contributed by atoms with E-state index in [2.05, 4.69) is 28.4 Å². The minimum Gasteiger partial charge on any atom is -0.337 e. The molecule has 5 aromatic rings. The maximum atomic E-state index is 14.6. The Morgan fingerprint density at radius 1 is 0.655 bits per heavy atom. The molecule has 0 radical (unpaired) electrons. The maximum Gasteiger partial charge on any atom is 0.389 e. The first-order valence-electron chi connectivity index (χ1n) is 19.8. The SMILES string of the molecule is CCC(C)Cn1c2cc(N=C3C(=O)C4CC(F)C(F)CC4C3=O)sc2c2sc3c4sc(N=C5C(=O)C6CC(C)C(F)CC6C5=O)cc4n(CC(C)CC(F)(F)F)c3c21. The first-order valence-corrected chi connectivity index (χ1v) is 22.2. The van der Waals surface area contributed by atoms with Crippen LogP contribution in [0.25, 0.3) is 40.9 Å². The summed E-state index contributed by atoms with van der Waals surface area (Å²) >= 11 is 3.96. The zero-order valence-corrected chi connectivity index (χ0v) is 34.4. The second-order valence-corrected chi connectivity index (χ2v) is 20.1. The molecule has 5 heterocycles. The molecule has 0 saturated heterocycles. The van der Waals surface area contributed by atoms with Crippen LogP contribution in [-0.2, 0) is 32.3 Å². The van der Waals surface area contributed by atoms with Gasteiger partial charge in [-0.15, -0.1) is 34.0 Å². The number of halogens is 6. The van der Waals surface area contributed by atoms with Crippen LogP contribution in [-0.4, -0.2) is 68.4 Å². The van der Waals surface area contributed by atoms with Gasteiger partial charge in [0, 0.05) is 43.2 Å². The molecule has 0 aliphatic heterocycles. The Kier molecular flexibility index (Phi) is 9.74. The van der Waals surface area contributed by atoms with Gasteiger partial charge in [-0.25, -0.2) is 23.2 Å². The first-order chi connectivity index (χ1) is 27.4. The Hall–Kier alpha value is -3.70. The number of thiophene rings is 3. The molecule has 0 spiro atoms. The third kappa shape index (κ3) is 6.34. The number of hydrogen-bond acceptors (Lipinski definition) is 9. The maximum absolute atomic E-state index is 14.6. The number of ketones is 4. The van der Waals surface area contributed by atoms with Crippen molar-refractivity contribution in [2.24, 2.45) is 51.4 Å². The van der Waals surface area contributed by atoms with Crippen LogP contribution in [0.4, 0.5) is 36.3 Å². The zero-order valence-electron chi connectivity index (χ0n) is 32.0. The summed E-state index contributed by atoms with van der Waals surface area (Å²) in [6, 6.07) is 3.51. The summed E-state index contributed by atoms with van der Waals surface area (Å²) in [6.07, 6.45) is -9.85. The zero-order chi connectivity index (χ0) is 41.3. The number of hydrogen-bond donors (Lipinski definition) is 0. The highest BCUT2D eigenvalue weighted by atomic mass is 32.1. The van der Waals surface area contributed by atoms with E-state index in [4.69, 9.17) is 0 Å². The molecule has 8 nitrogen and oxygen atoms in total. The number of carbonyl (C=O) groups excluding carboxylic acids is 4. The number of fused-ring (bicyclic) bond motifs is 9. The lowest BCUT2D eigenvalue weighted by atomic mass is 9.75. The monoisotopic (exact) mass is 862 g/mol. The van der Waals surface area contributed by atoms with Crippen molar-refractivity contribution in [1.29, 1.82) is 0 Å². The van der Waals surface area contributed by atoms with E-state index in [1.54, 1.807) is 26.0 Å². The standard InChI is InChI=1S/C41H40F6N4O4S3/c1-5-15(2)13-50-25-10-27(49-30-35(54)20-8-23(43)24(44)9-21(20)36(30)55)56-37(25)39-31(50)32-40(58-39)38-26(51(32)14-16(3)12-41(45,46)47)11-28(57-38)48-29-33(52)18-6-17(4)22(42)7-19(18)34(29)53/h10-11,15-24H,5-9,12-14H2,1-4H3. The Bertz CT molecular complexity index is 2570. The molecule has 58 heavy (non-hydrogen) atoms. The molecule has 10 unspecified atom stereocenters. The predicted molar refractivity (Wildman–Crippen MR) is 216 cm³/mol. The molecule has 4 aliphatic carbocycles. The van der Waals surface area contributed by atoms with Crippen LogP contribution in [0, 0.1) is 41.4 Å². The van der Waals surface area contributed by atoms with Gasteiger partial charge >= 0.3 is 6.18 Å². The molecule has 5 aromatic heterocycles. The lowest BCUT2D eigenvalue weighted by molar-refractivity contribution is -0.144. The van der Waals surface area contributed by atoms with E-state index in [-0.39, 0.29) is 55.5 Å². The molecule has 0 amide bonds. The molecule has 17 heteroatoms. The minimum atomic E-state index is -4.39. The van der Waals surface area contributed by atoms with Gasteiger partial charge in [0.1, 0.15) is 28.5 Å². The van der Waals surface area contributed by atoms with Crippen LogP contribution in [0.3, 0.4) is 0 Å². The Morgan fingerprint density at radius 2 is 1.07 bits per heavy atom. The van der Waals surface area contributed by atoms with Crippen LogP contribution >= 0.6 is 34.0 Å². The fraction of sp³-hybridized carbons (Fsp3) is 0.561. The number of aliphatic imine (C=N–C) groups is 2. The van der Waals surface area contributed by atoms with E-state index >= 15 is 0 Å².